The highest BCUT2D eigenvalue weighted by Crippen LogP contribution is 2.33. The Bertz CT molecular complexity index is 582. The molecule has 2 aromatic rings. The monoisotopic (exact) mass is 290 g/mol. The van der Waals surface area contributed by atoms with Crippen LogP contribution in [-0.4, -0.2) is 0 Å². The van der Waals surface area contributed by atoms with Crippen LogP contribution in [0.2, 0.25) is 0 Å². The van der Waals surface area contributed by atoms with Gasteiger partial charge in [-0.25, -0.2) is 0 Å². The van der Waals surface area contributed by atoms with Crippen molar-refractivity contribution in [1.82, 2.24) is 0 Å². The normalized spacial score (nSPS) is 13.2. The third-order valence-corrected chi connectivity index (χ3v) is 4.14. The molecule has 0 heterocycles. The second-order valence-electron chi connectivity index (χ2n) is 5.62. The number of rotatable bonds is 3. The van der Waals surface area contributed by atoms with Crippen molar-refractivity contribution in [2.75, 3.05) is 0 Å². The van der Waals surface area contributed by atoms with Gasteiger partial charge in [0.2, 0.25) is 0 Å². The molecule has 0 unspecified atom stereocenters. The summed E-state index contributed by atoms with van der Waals surface area (Å²) in [6.45, 7) is 5.90. The lowest BCUT2D eigenvalue weighted by atomic mass is 9.97. The molecule has 0 N–H and O–H groups in total. The average molecular weight is 290 g/mol. The van der Waals surface area contributed by atoms with Crippen LogP contribution in [-0.2, 0) is 0 Å². The molecule has 0 aliphatic heterocycles. The summed E-state index contributed by atoms with van der Waals surface area (Å²) in [5, 5.41) is 0. The van der Waals surface area contributed by atoms with E-state index in [1.165, 1.54) is 43.2 Å². The van der Waals surface area contributed by atoms with Crippen LogP contribution in [0, 0.1) is 0 Å². The van der Waals surface area contributed by atoms with E-state index in [0.717, 1.165) is 0 Å². The smallest absolute Gasteiger partial charge is 0.0225 e. The summed E-state index contributed by atoms with van der Waals surface area (Å²) in [6.07, 6.45) is 8.47. The first kappa shape index (κ1) is 16.3. The van der Waals surface area contributed by atoms with Crippen molar-refractivity contribution in [3.8, 4) is 0 Å². The molecule has 0 nitrogen and oxygen atoms in total. The topological polar surface area (TPSA) is 0 Å². The predicted molar refractivity (Wildman–Crippen MR) is 98.7 cm³/mol. The lowest BCUT2D eigenvalue weighted by Crippen LogP contribution is -1.87. The minimum Gasteiger partial charge on any atom is -0.0985 e. The van der Waals surface area contributed by atoms with Crippen molar-refractivity contribution < 1.29 is 0 Å². The van der Waals surface area contributed by atoms with Crippen LogP contribution in [0.5, 0.6) is 0 Å². The highest BCUT2D eigenvalue weighted by atomic mass is 14.2. The van der Waals surface area contributed by atoms with Crippen LogP contribution in [0.1, 0.15) is 50.2 Å². The fourth-order valence-electron chi connectivity index (χ4n) is 2.99. The van der Waals surface area contributed by atoms with Gasteiger partial charge in [0.15, 0.2) is 0 Å². The van der Waals surface area contributed by atoms with E-state index in [-0.39, 0.29) is 0 Å². The van der Waals surface area contributed by atoms with Gasteiger partial charge in [0.25, 0.3) is 0 Å². The maximum atomic E-state index is 3.63. The van der Waals surface area contributed by atoms with Crippen LogP contribution in [0.3, 0.4) is 0 Å². The molecule has 1 aliphatic carbocycles. The van der Waals surface area contributed by atoms with Crippen molar-refractivity contribution in [2.45, 2.75) is 39.0 Å². The third kappa shape index (κ3) is 4.73. The van der Waals surface area contributed by atoms with E-state index >= 15 is 0 Å². The standard InChI is InChI=1S/C14H18.C8H8/c1-2-14(13-10-6-7-11-13)12-8-4-3-5-9-12;1-2-8-6-4-3-5-7-8/h3-5,8-9H,2,6-7,10-11H2,1H3;2-7H,1H2. The lowest BCUT2D eigenvalue weighted by molar-refractivity contribution is 0.886. The van der Waals surface area contributed by atoms with Crippen LogP contribution in [0.4, 0.5) is 0 Å². The Hall–Kier alpha value is -2.08. The molecule has 0 aromatic heterocycles. The molecule has 1 fully saturated rings. The van der Waals surface area contributed by atoms with Gasteiger partial charge in [-0.05, 0) is 48.8 Å². The minimum absolute atomic E-state index is 1.17. The number of benzene rings is 2. The largest absolute Gasteiger partial charge is 0.0985 e. The first-order chi connectivity index (χ1) is 10.8. The van der Waals surface area contributed by atoms with Crippen LogP contribution in [0.15, 0.2) is 72.8 Å². The fraction of sp³-hybridized carbons (Fsp3) is 0.273. The number of hydrogen-bond acceptors (Lipinski definition) is 0. The Balaban J connectivity index is 0.000000188. The van der Waals surface area contributed by atoms with E-state index in [2.05, 4.69) is 43.8 Å². The maximum absolute atomic E-state index is 3.63. The molecule has 114 valence electrons. The van der Waals surface area contributed by atoms with Gasteiger partial charge in [-0.1, -0.05) is 85.8 Å². The Labute approximate surface area is 135 Å². The van der Waals surface area contributed by atoms with Crippen molar-refractivity contribution in [2.24, 2.45) is 0 Å². The predicted octanol–water partition coefficient (Wildman–Crippen LogP) is 6.75. The zero-order valence-electron chi connectivity index (χ0n) is 13.6. The number of allylic oxidation sites excluding steroid dienone is 2. The second-order valence-corrected chi connectivity index (χ2v) is 5.62. The molecule has 0 bridgehead atoms. The van der Waals surface area contributed by atoms with E-state index in [1.807, 2.05) is 36.4 Å². The van der Waals surface area contributed by atoms with E-state index in [0.29, 0.717) is 0 Å². The molecule has 0 spiro atoms. The van der Waals surface area contributed by atoms with Crippen molar-refractivity contribution in [3.05, 3.63) is 83.9 Å². The Morgan fingerprint density at radius 1 is 0.909 bits per heavy atom. The first-order valence-corrected chi connectivity index (χ1v) is 8.29. The zero-order chi connectivity index (χ0) is 15.6. The quantitative estimate of drug-likeness (QED) is 0.586. The summed E-state index contributed by atoms with van der Waals surface area (Å²) in [5.41, 5.74) is 5.92. The van der Waals surface area contributed by atoms with Gasteiger partial charge in [0.05, 0.1) is 0 Å². The summed E-state index contributed by atoms with van der Waals surface area (Å²) in [5.74, 6) is 0. The van der Waals surface area contributed by atoms with Crippen LogP contribution < -0.4 is 0 Å². The molecule has 22 heavy (non-hydrogen) atoms. The van der Waals surface area contributed by atoms with Gasteiger partial charge in [-0.15, -0.1) is 0 Å². The zero-order valence-corrected chi connectivity index (χ0v) is 13.6. The molecule has 2 aromatic carbocycles. The third-order valence-electron chi connectivity index (χ3n) is 4.14. The lowest BCUT2D eigenvalue weighted by Gasteiger charge is -2.09. The average Bonchev–Trinajstić information content (AvgIpc) is 3.12. The Morgan fingerprint density at radius 2 is 1.45 bits per heavy atom. The van der Waals surface area contributed by atoms with Crippen molar-refractivity contribution >= 4 is 11.6 Å². The number of hydrogen-bond donors (Lipinski definition) is 0. The van der Waals surface area contributed by atoms with Gasteiger partial charge >= 0.3 is 0 Å². The summed E-state index contributed by atoms with van der Waals surface area (Å²) in [6, 6.07) is 20.9. The fourth-order valence-corrected chi connectivity index (χ4v) is 2.99. The minimum atomic E-state index is 1.17. The second kappa shape index (κ2) is 9.04. The van der Waals surface area contributed by atoms with E-state index < -0.39 is 0 Å². The van der Waals surface area contributed by atoms with Crippen LogP contribution in [0.25, 0.3) is 11.6 Å². The first-order valence-electron chi connectivity index (χ1n) is 8.29. The van der Waals surface area contributed by atoms with E-state index in [1.54, 1.807) is 11.1 Å². The molecule has 0 heteroatoms. The van der Waals surface area contributed by atoms with Crippen LogP contribution >= 0.6 is 0 Å². The van der Waals surface area contributed by atoms with Gasteiger partial charge in [-0.2, -0.15) is 0 Å². The SMILES string of the molecule is C=Cc1ccccc1.CCC(=C1CCCC1)c1ccccc1. The molecule has 0 atom stereocenters. The highest BCUT2D eigenvalue weighted by molar-refractivity contribution is 5.68. The molecule has 0 radical (unpaired) electrons. The Kier molecular flexibility index (Phi) is 6.70. The van der Waals surface area contributed by atoms with Gasteiger partial charge in [0, 0.05) is 0 Å². The summed E-state index contributed by atoms with van der Waals surface area (Å²) < 4.78 is 0. The molecular weight excluding hydrogens is 264 g/mol. The summed E-state index contributed by atoms with van der Waals surface area (Å²) in [4.78, 5) is 0. The molecule has 0 amide bonds. The van der Waals surface area contributed by atoms with Gasteiger partial charge in [0.1, 0.15) is 0 Å². The highest BCUT2D eigenvalue weighted by Gasteiger charge is 2.12. The Morgan fingerprint density at radius 3 is 1.91 bits per heavy atom. The molecule has 1 saturated carbocycles. The molecule has 3 rings (SSSR count). The van der Waals surface area contributed by atoms with Gasteiger partial charge in [-0.3, -0.25) is 0 Å². The summed E-state index contributed by atoms with van der Waals surface area (Å²) >= 11 is 0. The molecular formula is C22H26. The van der Waals surface area contributed by atoms with Crippen molar-refractivity contribution in [3.63, 3.8) is 0 Å². The maximum Gasteiger partial charge on any atom is -0.0225 e. The summed E-state index contributed by atoms with van der Waals surface area (Å²) in [7, 11) is 0. The molecule has 1 aliphatic rings. The van der Waals surface area contributed by atoms with E-state index in [9.17, 15) is 0 Å². The van der Waals surface area contributed by atoms with Crippen molar-refractivity contribution in [1.29, 1.82) is 0 Å². The van der Waals surface area contributed by atoms with E-state index in [4.69, 9.17) is 0 Å². The molecule has 0 saturated heterocycles. The van der Waals surface area contributed by atoms with Gasteiger partial charge < -0.3 is 0 Å².